The summed E-state index contributed by atoms with van der Waals surface area (Å²) in [6.07, 6.45) is 36.1. The number of hydrogen-bond acceptors (Lipinski definition) is 13. The SMILES string of the molecule is CCCCCCCCCC/C=C\CCCCCCCCCCCC(=O)NC(COC1OC(CO)C(OC2OC(CO)C(O)C(O)C2O)C(O)C1O)C(O)/C=C/CC/C=C/CCCCCCCCCCCCC. The lowest BCUT2D eigenvalue weighted by molar-refractivity contribution is -0.359. The van der Waals surface area contributed by atoms with E-state index in [1.165, 1.54) is 167 Å². The Morgan fingerprint density at radius 1 is 0.486 bits per heavy atom. The van der Waals surface area contributed by atoms with E-state index < -0.39 is 86.8 Å². The van der Waals surface area contributed by atoms with Crippen molar-refractivity contribution < 1.29 is 64.6 Å². The zero-order valence-electron chi connectivity index (χ0n) is 45.2. The number of rotatable bonds is 46. The number of amides is 1. The lowest BCUT2D eigenvalue weighted by atomic mass is 9.97. The molecule has 0 radical (unpaired) electrons. The summed E-state index contributed by atoms with van der Waals surface area (Å²) in [6, 6.07) is -0.931. The van der Waals surface area contributed by atoms with Crippen molar-refractivity contribution in [1.29, 1.82) is 0 Å². The number of aliphatic hydroxyl groups excluding tert-OH is 8. The van der Waals surface area contributed by atoms with Gasteiger partial charge in [-0.2, -0.15) is 0 Å². The topological polar surface area (TPSA) is 228 Å². The third-order valence-electron chi connectivity index (χ3n) is 14.3. The van der Waals surface area contributed by atoms with Crippen molar-refractivity contribution in [3.05, 3.63) is 36.5 Å². The molecular formula is C58H107NO13. The van der Waals surface area contributed by atoms with Crippen molar-refractivity contribution in [2.75, 3.05) is 19.8 Å². The average molecular weight is 1030 g/mol. The van der Waals surface area contributed by atoms with Crippen LogP contribution in [-0.4, -0.2) is 140 Å². The van der Waals surface area contributed by atoms with Gasteiger partial charge in [-0.1, -0.05) is 204 Å². The summed E-state index contributed by atoms with van der Waals surface area (Å²) >= 11 is 0. The first-order valence-corrected chi connectivity index (χ1v) is 29.2. The maximum Gasteiger partial charge on any atom is 0.220 e. The molecule has 14 nitrogen and oxygen atoms in total. The van der Waals surface area contributed by atoms with E-state index in [0.717, 1.165) is 32.1 Å². The summed E-state index contributed by atoms with van der Waals surface area (Å²) in [5.74, 6) is -0.250. The molecule has 9 N–H and O–H groups in total. The molecule has 2 aliphatic heterocycles. The third-order valence-corrected chi connectivity index (χ3v) is 14.3. The van der Waals surface area contributed by atoms with Gasteiger partial charge < -0.3 is 65.1 Å². The van der Waals surface area contributed by atoms with Gasteiger partial charge in [0.05, 0.1) is 32.0 Å². The highest BCUT2D eigenvalue weighted by Crippen LogP contribution is 2.30. The Morgan fingerprint density at radius 2 is 0.889 bits per heavy atom. The first kappa shape index (κ1) is 66.3. The highest BCUT2D eigenvalue weighted by Gasteiger charge is 2.51. The smallest absolute Gasteiger partial charge is 0.220 e. The van der Waals surface area contributed by atoms with Crippen LogP contribution in [0.5, 0.6) is 0 Å². The van der Waals surface area contributed by atoms with Gasteiger partial charge in [0, 0.05) is 6.42 Å². The van der Waals surface area contributed by atoms with Crippen LogP contribution >= 0.6 is 0 Å². The van der Waals surface area contributed by atoms with Gasteiger partial charge in [-0.25, -0.2) is 0 Å². The van der Waals surface area contributed by atoms with Gasteiger partial charge in [-0.15, -0.1) is 0 Å². The summed E-state index contributed by atoms with van der Waals surface area (Å²) in [6.45, 7) is 2.79. The van der Waals surface area contributed by atoms with Crippen LogP contribution in [0.15, 0.2) is 36.5 Å². The summed E-state index contributed by atoms with van der Waals surface area (Å²) < 4.78 is 22.7. The van der Waals surface area contributed by atoms with Crippen LogP contribution in [0.25, 0.3) is 0 Å². The molecule has 72 heavy (non-hydrogen) atoms. The molecule has 0 spiro atoms. The highest BCUT2D eigenvalue weighted by atomic mass is 16.7. The number of allylic oxidation sites excluding steroid dienone is 5. The van der Waals surface area contributed by atoms with Crippen LogP contribution < -0.4 is 5.32 Å². The Balaban J connectivity index is 1.79. The predicted molar refractivity (Wildman–Crippen MR) is 286 cm³/mol. The quantitative estimate of drug-likeness (QED) is 0.0205. The Hall–Kier alpha value is -1.79. The number of carbonyl (C=O) groups excluding carboxylic acids is 1. The normalized spacial score (nSPS) is 25.8. The molecule has 1 amide bonds. The summed E-state index contributed by atoms with van der Waals surface area (Å²) in [5.41, 5.74) is 0. The van der Waals surface area contributed by atoms with Gasteiger partial charge in [0.2, 0.25) is 5.91 Å². The Morgan fingerprint density at radius 3 is 1.36 bits per heavy atom. The number of ether oxygens (including phenoxy) is 4. The second-order valence-electron chi connectivity index (χ2n) is 20.8. The molecule has 2 fully saturated rings. The monoisotopic (exact) mass is 1030 g/mol. The molecule has 2 heterocycles. The molecule has 12 atom stereocenters. The molecule has 422 valence electrons. The molecule has 0 bridgehead atoms. The summed E-state index contributed by atoms with van der Waals surface area (Å²) in [5, 5.41) is 87.0. The van der Waals surface area contributed by atoms with E-state index in [9.17, 15) is 45.6 Å². The zero-order valence-corrected chi connectivity index (χ0v) is 45.2. The molecule has 2 rings (SSSR count). The molecule has 0 aromatic carbocycles. The van der Waals surface area contributed by atoms with E-state index in [2.05, 4.69) is 43.5 Å². The minimum atomic E-state index is -1.79. The summed E-state index contributed by atoms with van der Waals surface area (Å²) in [4.78, 5) is 13.2. The second kappa shape index (κ2) is 44.3. The molecule has 2 saturated heterocycles. The van der Waals surface area contributed by atoms with Crippen molar-refractivity contribution in [2.24, 2.45) is 0 Å². The van der Waals surface area contributed by atoms with Gasteiger partial charge >= 0.3 is 0 Å². The van der Waals surface area contributed by atoms with Crippen molar-refractivity contribution >= 4 is 5.91 Å². The number of carbonyl (C=O) groups is 1. The maximum atomic E-state index is 13.2. The van der Waals surface area contributed by atoms with E-state index >= 15 is 0 Å². The fraction of sp³-hybridized carbons (Fsp3) is 0.879. The third kappa shape index (κ3) is 30.1. The van der Waals surface area contributed by atoms with Crippen LogP contribution in [0, 0.1) is 0 Å². The van der Waals surface area contributed by atoms with Crippen LogP contribution in [0.1, 0.15) is 232 Å². The van der Waals surface area contributed by atoms with Crippen molar-refractivity contribution in [3.63, 3.8) is 0 Å². The van der Waals surface area contributed by atoms with E-state index in [1.54, 1.807) is 6.08 Å². The largest absolute Gasteiger partial charge is 0.394 e. The standard InChI is InChI=1S/C58H107NO13/c1-3-5-7-9-11-13-15-17-19-21-22-23-24-26-28-30-32-34-36-38-40-42-50(63)59-46(47(62)41-39-37-35-33-31-29-27-25-20-18-16-14-12-10-8-6-4-2)45-69-57-55(68)53(66)56(49(44-61)71-57)72-58-54(67)52(65)51(64)48(43-60)70-58/h21-22,31,33,39,41,46-49,51-58,60-62,64-68H,3-20,23-30,32,34-38,40,42-45H2,1-2H3,(H,59,63)/b22-21-,33-31+,41-39+. The molecule has 0 saturated carbocycles. The lowest BCUT2D eigenvalue weighted by Crippen LogP contribution is -2.65. The van der Waals surface area contributed by atoms with Gasteiger partial charge in [0.25, 0.3) is 0 Å². The van der Waals surface area contributed by atoms with Gasteiger partial charge in [0.15, 0.2) is 12.6 Å². The Kier molecular flexibility index (Phi) is 40.9. The molecule has 0 aliphatic carbocycles. The summed E-state index contributed by atoms with van der Waals surface area (Å²) in [7, 11) is 0. The molecule has 2 aliphatic rings. The van der Waals surface area contributed by atoms with Crippen molar-refractivity contribution in [3.8, 4) is 0 Å². The van der Waals surface area contributed by atoms with Crippen molar-refractivity contribution in [1.82, 2.24) is 5.32 Å². The fourth-order valence-corrected chi connectivity index (χ4v) is 9.54. The number of hydrogen-bond donors (Lipinski definition) is 9. The van der Waals surface area contributed by atoms with E-state index in [0.29, 0.717) is 12.8 Å². The minimum Gasteiger partial charge on any atom is -0.394 e. The highest BCUT2D eigenvalue weighted by molar-refractivity contribution is 5.76. The van der Waals surface area contributed by atoms with Crippen molar-refractivity contribution in [2.45, 2.75) is 306 Å². The maximum absolute atomic E-state index is 13.2. The molecule has 0 aromatic heterocycles. The Bertz CT molecular complexity index is 1350. The van der Waals surface area contributed by atoms with E-state index in [-0.39, 0.29) is 18.9 Å². The van der Waals surface area contributed by atoms with Gasteiger partial charge in [-0.3, -0.25) is 4.79 Å². The van der Waals surface area contributed by atoms with Crippen LogP contribution in [-0.2, 0) is 23.7 Å². The number of unbranched alkanes of at least 4 members (excludes halogenated alkanes) is 29. The predicted octanol–water partition coefficient (Wildman–Crippen LogP) is 9.44. The average Bonchev–Trinajstić information content (AvgIpc) is 3.38. The van der Waals surface area contributed by atoms with Gasteiger partial charge in [-0.05, 0) is 57.8 Å². The lowest BCUT2D eigenvalue weighted by Gasteiger charge is -2.46. The Labute approximate surface area is 436 Å². The van der Waals surface area contributed by atoms with Crippen LogP contribution in [0.3, 0.4) is 0 Å². The van der Waals surface area contributed by atoms with E-state index in [4.69, 9.17) is 18.9 Å². The van der Waals surface area contributed by atoms with E-state index in [1.807, 2.05) is 6.08 Å². The number of aliphatic hydroxyl groups is 8. The zero-order chi connectivity index (χ0) is 52.4. The molecule has 0 aromatic rings. The second-order valence-corrected chi connectivity index (χ2v) is 20.8. The molecule has 14 heteroatoms. The van der Waals surface area contributed by atoms with Crippen LogP contribution in [0.4, 0.5) is 0 Å². The molecular weight excluding hydrogens is 919 g/mol. The minimum absolute atomic E-state index is 0.250. The van der Waals surface area contributed by atoms with Crippen LogP contribution in [0.2, 0.25) is 0 Å². The fourth-order valence-electron chi connectivity index (χ4n) is 9.54. The van der Waals surface area contributed by atoms with Gasteiger partial charge in [0.1, 0.15) is 48.8 Å². The molecule has 12 unspecified atom stereocenters. The first-order valence-electron chi connectivity index (χ1n) is 29.2. The number of nitrogens with one attached hydrogen (secondary N) is 1. The first-order chi connectivity index (χ1) is 35.1.